The molecular weight excluding hydrogens is 468 g/mol. The molecule has 1 aliphatic rings. The highest BCUT2D eigenvalue weighted by Crippen LogP contribution is 2.47. The zero-order valence-electron chi connectivity index (χ0n) is 23.7. The van der Waals surface area contributed by atoms with E-state index in [1.54, 1.807) is 0 Å². The molecule has 4 aromatic rings. The molecule has 0 saturated heterocycles. The SMILES string of the molecule is CC(C)(C)c1cc(-c2ccc3cccc4c3c2C(=O)c2ccccc2-4)cc(C(C)(C)C)c1O[Si](C)(C)C. The Morgan fingerprint density at radius 2 is 1.22 bits per heavy atom. The summed E-state index contributed by atoms with van der Waals surface area (Å²) in [6.07, 6.45) is 0. The summed E-state index contributed by atoms with van der Waals surface area (Å²) in [5, 5.41) is 2.16. The standard InChI is InChI=1S/C34H38O2Si/c1-33(2,3)27-19-22(20-28(34(4,5)6)32(27)36-37(7,8)9)23-18-17-21-13-12-16-25-24-14-10-11-15-26(24)31(35)30(23)29(21)25/h10-20H,1-9H3. The maximum Gasteiger partial charge on any atom is 0.242 e. The van der Waals surface area contributed by atoms with Crippen molar-refractivity contribution in [1.82, 2.24) is 0 Å². The average molecular weight is 507 g/mol. The molecule has 37 heavy (non-hydrogen) atoms. The number of carbonyl (C=O) groups excluding carboxylic acids is 1. The van der Waals surface area contributed by atoms with Gasteiger partial charge in [0.1, 0.15) is 5.75 Å². The van der Waals surface area contributed by atoms with Crippen LogP contribution in [0.5, 0.6) is 5.75 Å². The molecule has 3 heteroatoms. The Balaban J connectivity index is 1.88. The van der Waals surface area contributed by atoms with E-state index >= 15 is 0 Å². The van der Waals surface area contributed by atoms with Crippen LogP contribution < -0.4 is 4.43 Å². The van der Waals surface area contributed by atoms with Crippen LogP contribution in [-0.4, -0.2) is 14.1 Å². The average Bonchev–Trinajstić information content (AvgIpc) is 2.80. The van der Waals surface area contributed by atoms with Crippen LogP contribution in [0.3, 0.4) is 0 Å². The van der Waals surface area contributed by atoms with Crippen molar-refractivity contribution < 1.29 is 9.22 Å². The Hall–Kier alpha value is -3.17. The Morgan fingerprint density at radius 3 is 1.78 bits per heavy atom. The second-order valence-electron chi connectivity index (χ2n) is 13.4. The summed E-state index contributed by atoms with van der Waals surface area (Å²) in [4.78, 5) is 14.1. The van der Waals surface area contributed by atoms with Crippen LogP contribution in [0.2, 0.25) is 19.6 Å². The number of rotatable bonds is 3. The lowest BCUT2D eigenvalue weighted by molar-refractivity contribution is 0.104. The zero-order valence-corrected chi connectivity index (χ0v) is 24.7. The molecule has 0 unspecified atom stereocenters. The monoisotopic (exact) mass is 506 g/mol. The molecule has 1 aliphatic carbocycles. The first-order chi connectivity index (χ1) is 17.2. The number of carbonyl (C=O) groups is 1. The molecule has 0 aliphatic heterocycles. The van der Waals surface area contributed by atoms with Crippen LogP contribution in [0.15, 0.2) is 66.7 Å². The van der Waals surface area contributed by atoms with E-state index in [2.05, 4.69) is 110 Å². The molecule has 190 valence electrons. The summed E-state index contributed by atoms with van der Waals surface area (Å²) >= 11 is 0. The van der Waals surface area contributed by atoms with Gasteiger partial charge in [-0.15, -0.1) is 0 Å². The second kappa shape index (κ2) is 8.42. The maximum atomic E-state index is 14.1. The van der Waals surface area contributed by atoms with Gasteiger partial charge in [-0.05, 0) is 81.4 Å². The predicted molar refractivity (Wildman–Crippen MR) is 160 cm³/mol. The molecule has 4 aromatic carbocycles. The van der Waals surface area contributed by atoms with E-state index in [0.29, 0.717) is 0 Å². The van der Waals surface area contributed by atoms with Crippen molar-refractivity contribution in [1.29, 1.82) is 0 Å². The predicted octanol–water partition coefficient (Wildman–Crippen LogP) is 9.53. The lowest BCUT2D eigenvalue weighted by atomic mass is 9.75. The smallest absolute Gasteiger partial charge is 0.242 e. The van der Waals surface area contributed by atoms with Crippen molar-refractivity contribution in [3.8, 4) is 28.0 Å². The summed E-state index contributed by atoms with van der Waals surface area (Å²) in [5.41, 5.74) is 7.96. The Morgan fingerprint density at radius 1 is 0.649 bits per heavy atom. The van der Waals surface area contributed by atoms with Crippen LogP contribution in [0.25, 0.3) is 33.0 Å². The first-order valence-electron chi connectivity index (χ1n) is 13.2. The molecule has 0 aromatic heterocycles. The summed E-state index contributed by atoms with van der Waals surface area (Å²) in [5.74, 6) is 1.13. The van der Waals surface area contributed by atoms with Gasteiger partial charge >= 0.3 is 0 Å². The molecule has 0 fully saturated rings. The van der Waals surface area contributed by atoms with E-state index in [9.17, 15) is 4.79 Å². The highest BCUT2D eigenvalue weighted by atomic mass is 28.4. The van der Waals surface area contributed by atoms with Crippen molar-refractivity contribution in [2.75, 3.05) is 0 Å². The van der Waals surface area contributed by atoms with Gasteiger partial charge in [0.15, 0.2) is 5.78 Å². The van der Waals surface area contributed by atoms with Gasteiger partial charge in [-0.2, -0.15) is 0 Å². The van der Waals surface area contributed by atoms with Gasteiger partial charge in [0.25, 0.3) is 0 Å². The Labute approximate surface area is 222 Å². The highest BCUT2D eigenvalue weighted by molar-refractivity contribution is 6.70. The molecule has 0 atom stereocenters. The van der Waals surface area contributed by atoms with Gasteiger partial charge in [-0.3, -0.25) is 4.79 Å². The van der Waals surface area contributed by atoms with Crippen molar-refractivity contribution in [2.45, 2.75) is 72.0 Å². The van der Waals surface area contributed by atoms with Crippen LogP contribution in [0.4, 0.5) is 0 Å². The minimum atomic E-state index is -1.87. The van der Waals surface area contributed by atoms with Gasteiger partial charge in [0.2, 0.25) is 8.32 Å². The number of benzene rings is 4. The number of hydrogen-bond acceptors (Lipinski definition) is 2. The minimum absolute atomic E-state index is 0.104. The fraction of sp³-hybridized carbons (Fsp3) is 0.324. The van der Waals surface area contributed by atoms with Crippen molar-refractivity contribution in [3.05, 3.63) is 89.0 Å². The maximum absolute atomic E-state index is 14.1. The fourth-order valence-corrected chi connectivity index (χ4v) is 6.28. The van der Waals surface area contributed by atoms with Crippen molar-refractivity contribution in [3.63, 3.8) is 0 Å². The van der Waals surface area contributed by atoms with Crippen LogP contribution in [-0.2, 0) is 10.8 Å². The third-order valence-corrected chi connectivity index (χ3v) is 7.98. The summed E-state index contributed by atoms with van der Waals surface area (Å²) in [7, 11) is -1.87. The van der Waals surface area contributed by atoms with Crippen molar-refractivity contribution >= 4 is 24.9 Å². The van der Waals surface area contributed by atoms with Gasteiger partial charge in [-0.25, -0.2) is 0 Å². The lowest BCUT2D eigenvalue weighted by Crippen LogP contribution is -2.32. The molecule has 0 heterocycles. The third-order valence-electron chi connectivity index (χ3n) is 7.16. The minimum Gasteiger partial charge on any atom is -0.544 e. The Bertz CT molecular complexity index is 1520. The van der Waals surface area contributed by atoms with E-state index in [4.69, 9.17) is 4.43 Å². The van der Waals surface area contributed by atoms with Gasteiger partial charge < -0.3 is 4.43 Å². The second-order valence-corrected chi connectivity index (χ2v) is 17.8. The topological polar surface area (TPSA) is 26.3 Å². The highest BCUT2D eigenvalue weighted by Gasteiger charge is 2.33. The molecule has 5 rings (SSSR count). The largest absolute Gasteiger partial charge is 0.544 e. The van der Waals surface area contributed by atoms with E-state index in [0.717, 1.165) is 49.9 Å². The Kier molecular flexibility index (Phi) is 5.80. The third kappa shape index (κ3) is 4.44. The molecule has 0 spiro atoms. The summed E-state index contributed by atoms with van der Waals surface area (Å²) < 4.78 is 6.80. The first-order valence-corrected chi connectivity index (χ1v) is 16.7. The molecule has 0 bridgehead atoms. The van der Waals surface area contributed by atoms with Crippen molar-refractivity contribution in [2.24, 2.45) is 0 Å². The molecular formula is C34H38O2Si. The van der Waals surface area contributed by atoms with Gasteiger partial charge in [0, 0.05) is 16.5 Å². The number of ketones is 1. The lowest BCUT2D eigenvalue weighted by Gasteiger charge is -2.34. The summed E-state index contributed by atoms with van der Waals surface area (Å²) in [6.45, 7) is 20.2. The van der Waals surface area contributed by atoms with Gasteiger partial charge in [-0.1, -0.05) is 96.1 Å². The van der Waals surface area contributed by atoms with E-state index in [1.165, 1.54) is 11.1 Å². The molecule has 0 amide bonds. The quantitative estimate of drug-likeness (QED) is 0.228. The van der Waals surface area contributed by atoms with Crippen LogP contribution in [0.1, 0.15) is 68.6 Å². The zero-order chi connectivity index (χ0) is 26.9. The van der Waals surface area contributed by atoms with E-state index in [1.807, 2.05) is 18.2 Å². The van der Waals surface area contributed by atoms with E-state index in [-0.39, 0.29) is 16.6 Å². The van der Waals surface area contributed by atoms with E-state index < -0.39 is 8.32 Å². The number of hydrogen-bond donors (Lipinski definition) is 0. The molecule has 0 N–H and O–H groups in total. The molecule has 0 saturated carbocycles. The summed E-state index contributed by atoms with van der Waals surface area (Å²) in [6, 6.07) is 23.2. The first kappa shape index (κ1) is 25.5. The van der Waals surface area contributed by atoms with Gasteiger partial charge in [0.05, 0.1) is 0 Å². The molecule has 0 radical (unpaired) electrons. The van der Waals surface area contributed by atoms with Crippen LogP contribution >= 0.6 is 0 Å². The molecule has 2 nitrogen and oxygen atoms in total. The fourth-order valence-electron chi connectivity index (χ4n) is 5.45. The normalized spacial score (nSPS) is 13.6. The van der Waals surface area contributed by atoms with Crippen LogP contribution in [0, 0.1) is 0 Å². The number of fused-ring (bicyclic) bond motifs is 2.